The minimum Gasteiger partial charge on any atom is -0.294 e. The fourth-order valence-corrected chi connectivity index (χ4v) is 14.7. The van der Waals surface area contributed by atoms with E-state index in [1.165, 1.54) is 59.2 Å². The van der Waals surface area contributed by atoms with Crippen molar-refractivity contribution in [3.05, 3.63) is 231 Å². The number of aromatic nitrogens is 4. The highest BCUT2D eigenvalue weighted by Gasteiger charge is 2.42. The molecular weight excluding hydrogens is 781 g/mol. The Labute approximate surface area is 369 Å². The topological polar surface area (TPSA) is 26.6 Å². The third-order valence-electron chi connectivity index (χ3n) is 12.7. The minimum atomic E-state index is -3.01. The zero-order chi connectivity index (χ0) is 42.5. The Morgan fingerprint density at radius 1 is 0.444 bits per heavy atom. The lowest BCUT2D eigenvalue weighted by molar-refractivity contribution is -0.731. The van der Waals surface area contributed by atoms with E-state index >= 15 is 0 Å². The van der Waals surface area contributed by atoms with E-state index in [2.05, 4.69) is 259 Å². The van der Waals surface area contributed by atoms with Crippen molar-refractivity contribution in [2.45, 2.75) is 26.3 Å². The Morgan fingerprint density at radius 3 is 1.73 bits per heavy atom. The van der Waals surface area contributed by atoms with Gasteiger partial charge < -0.3 is 0 Å². The van der Waals surface area contributed by atoms with Crippen LogP contribution in [0.3, 0.4) is 0 Å². The molecule has 8 aromatic carbocycles. The van der Waals surface area contributed by atoms with E-state index < -0.39 is 8.07 Å². The molecule has 3 aromatic heterocycles. The van der Waals surface area contributed by atoms with Gasteiger partial charge in [-0.05, 0) is 112 Å². The Morgan fingerprint density at radius 2 is 1.02 bits per heavy atom. The molecule has 0 amide bonds. The van der Waals surface area contributed by atoms with Gasteiger partial charge in [0.1, 0.15) is 17.0 Å². The van der Waals surface area contributed by atoms with Crippen molar-refractivity contribution in [2.75, 3.05) is 0 Å². The second-order valence-corrected chi connectivity index (χ2v) is 21.3. The lowest BCUT2D eigenvalue weighted by atomic mass is 9.95. The molecule has 0 N–H and O–H groups in total. The van der Waals surface area contributed by atoms with Crippen LogP contribution in [-0.4, -0.2) is 22.2 Å². The molecule has 0 spiro atoms. The molecular formula is C58H47N4Si+. The molecule has 0 saturated heterocycles. The third kappa shape index (κ3) is 6.43. The summed E-state index contributed by atoms with van der Waals surface area (Å²) in [6.45, 7) is 6.81. The number of hydrogen-bond donors (Lipinski definition) is 0. The predicted octanol–water partition coefficient (Wildman–Crippen LogP) is 10.9. The Hall–Kier alpha value is -7.60. The molecule has 0 aliphatic heterocycles. The van der Waals surface area contributed by atoms with Crippen LogP contribution in [-0.2, 0) is 5.54 Å². The zero-order valence-corrected chi connectivity index (χ0v) is 36.7. The van der Waals surface area contributed by atoms with Crippen LogP contribution in [0.5, 0.6) is 0 Å². The number of nitrogens with zero attached hydrogens (tertiary/aromatic N) is 4. The molecule has 0 saturated carbocycles. The summed E-state index contributed by atoms with van der Waals surface area (Å²) < 4.78 is 7.14. The molecule has 302 valence electrons. The number of pyridine rings is 1. The van der Waals surface area contributed by atoms with Crippen molar-refractivity contribution in [3.8, 4) is 33.8 Å². The van der Waals surface area contributed by atoms with E-state index in [-0.39, 0.29) is 5.54 Å². The average Bonchev–Trinajstić information content (AvgIpc) is 3.90. The maximum absolute atomic E-state index is 5.14. The molecule has 11 aromatic rings. The predicted molar refractivity (Wildman–Crippen MR) is 265 cm³/mol. The van der Waals surface area contributed by atoms with Gasteiger partial charge in [-0.25, -0.2) is 9.55 Å². The summed E-state index contributed by atoms with van der Waals surface area (Å²) in [5, 5.41) is 7.69. The van der Waals surface area contributed by atoms with Crippen molar-refractivity contribution < 1.29 is 4.57 Å². The molecule has 0 radical (unpaired) electrons. The smallest absolute Gasteiger partial charge is 0.250 e. The van der Waals surface area contributed by atoms with E-state index in [0.29, 0.717) is 0 Å². The van der Waals surface area contributed by atoms with Crippen molar-refractivity contribution >= 4 is 61.7 Å². The number of rotatable bonds is 8. The Bertz CT molecular complexity index is 3390. The largest absolute Gasteiger partial charge is 0.294 e. The van der Waals surface area contributed by atoms with Crippen LogP contribution in [0.1, 0.15) is 20.8 Å². The number of benzene rings is 8. The van der Waals surface area contributed by atoms with E-state index in [4.69, 9.17) is 4.98 Å². The number of para-hydroxylation sites is 3. The van der Waals surface area contributed by atoms with E-state index in [1.807, 2.05) is 6.20 Å². The van der Waals surface area contributed by atoms with Crippen LogP contribution in [0.4, 0.5) is 0 Å². The van der Waals surface area contributed by atoms with Crippen molar-refractivity contribution in [2.24, 2.45) is 0 Å². The van der Waals surface area contributed by atoms with Gasteiger partial charge >= 0.3 is 0 Å². The SMILES string of the molecule is CC(C)(C)[n+]1cn(-c2cccc([Si](c3ccccc3)(c3ccccc3)c3ccc4c5ccccc5n(-c5cc(-c6ccccc6-c6ccccc6)ccn5)c4c3)c2)c2ccccc21. The first-order valence-electron chi connectivity index (χ1n) is 21.8. The molecule has 0 aliphatic carbocycles. The van der Waals surface area contributed by atoms with Gasteiger partial charge in [0.25, 0.3) is 0 Å². The van der Waals surface area contributed by atoms with Gasteiger partial charge in [0.05, 0.1) is 11.0 Å². The minimum absolute atomic E-state index is 0.0947. The normalized spacial score (nSPS) is 12.0. The lowest BCUT2D eigenvalue weighted by Gasteiger charge is -2.34. The van der Waals surface area contributed by atoms with Gasteiger partial charge in [-0.15, -0.1) is 0 Å². The number of hydrogen-bond acceptors (Lipinski definition) is 1. The first-order valence-corrected chi connectivity index (χ1v) is 23.8. The molecule has 0 bridgehead atoms. The fraction of sp³-hybridized carbons (Fsp3) is 0.0690. The monoisotopic (exact) mass is 827 g/mol. The quantitative estimate of drug-likeness (QED) is 0.0851. The third-order valence-corrected chi connectivity index (χ3v) is 17.5. The Balaban J connectivity index is 1.17. The Kier molecular flexibility index (Phi) is 9.36. The summed E-state index contributed by atoms with van der Waals surface area (Å²) in [7, 11) is -3.01. The van der Waals surface area contributed by atoms with Crippen LogP contribution < -0.4 is 25.3 Å². The lowest BCUT2D eigenvalue weighted by Crippen LogP contribution is -2.74. The fourth-order valence-electron chi connectivity index (χ4n) is 9.88. The average molecular weight is 828 g/mol. The molecule has 0 unspecified atom stereocenters. The van der Waals surface area contributed by atoms with E-state index in [0.717, 1.165) is 28.1 Å². The van der Waals surface area contributed by atoms with Gasteiger partial charge in [0.15, 0.2) is 19.1 Å². The second kappa shape index (κ2) is 15.4. The first-order chi connectivity index (χ1) is 30.9. The highest BCUT2D eigenvalue weighted by Crippen LogP contribution is 2.35. The van der Waals surface area contributed by atoms with Crippen LogP contribution in [0.25, 0.3) is 66.6 Å². The molecule has 11 rings (SSSR count). The van der Waals surface area contributed by atoms with Gasteiger partial charge in [-0.1, -0.05) is 170 Å². The number of fused-ring (bicyclic) bond motifs is 4. The summed E-state index contributed by atoms with van der Waals surface area (Å²) in [6.07, 6.45) is 4.24. The summed E-state index contributed by atoms with van der Waals surface area (Å²) in [4.78, 5) is 5.14. The van der Waals surface area contributed by atoms with Crippen LogP contribution >= 0.6 is 0 Å². The highest BCUT2D eigenvalue weighted by atomic mass is 28.3. The standard InChI is InChI=1S/C58H47N4Si/c1-58(2,3)61-41-60(54-32-17-18-33-55(54)61)44-22-19-27-47(39-44)63(45-23-9-5-10-24-45,46-25-11-6-12-26-46)48-34-35-52-51-30-15-16-31-53(51)62(56(52)40-48)57-38-43(36-37-59-57)50-29-14-13-28-49(50)42-20-7-4-8-21-42/h4-41H,1-3H3/q+1. The molecule has 0 fully saturated rings. The summed E-state index contributed by atoms with van der Waals surface area (Å²) in [6, 6.07) is 80.3. The zero-order valence-electron chi connectivity index (χ0n) is 35.7. The maximum Gasteiger partial charge on any atom is 0.250 e. The van der Waals surface area contributed by atoms with Crippen LogP contribution in [0.2, 0.25) is 0 Å². The van der Waals surface area contributed by atoms with Crippen LogP contribution in [0.15, 0.2) is 231 Å². The van der Waals surface area contributed by atoms with Crippen molar-refractivity contribution in [1.82, 2.24) is 14.1 Å². The molecule has 63 heavy (non-hydrogen) atoms. The van der Waals surface area contributed by atoms with Crippen molar-refractivity contribution in [3.63, 3.8) is 0 Å². The van der Waals surface area contributed by atoms with Gasteiger partial charge in [0, 0.05) is 17.0 Å². The molecule has 0 aliphatic rings. The van der Waals surface area contributed by atoms with Gasteiger partial charge in [-0.2, -0.15) is 4.57 Å². The summed E-state index contributed by atoms with van der Waals surface area (Å²) >= 11 is 0. The summed E-state index contributed by atoms with van der Waals surface area (Å²) in [5.41, 5.74) is 10.4. The molecule has 0 atom stereocenters. The van der Waals surface area contributed by atoms with Crippen molar-refractivity contribution in [1.29, 1.82) is 0 Å². The summed E-state index contributed by atoms with van der Waals surface area (Å²) in [5.74, 6) is 0.888. The second-order valence-electron chi connectivity index (χ2n) is 17.4. The van der Waals surface area contributed by atoms with Crippen LogP contribution in [0, 0.1) is 0 Å². The number of imidazole rings is 1. The first kappa shape index (κ1) is 38.3. The molecule has 4 nitrogen and oxygen atoms in total. The van der Waals surface area contributed by atoms with E-state index in [9.17, 15) is 0 Å². The maximum atomic E-state index is 5.14. The highest BCUT2D eigenvalue weighted by molar-refractivity contribution is 7.20. The molecule has 3 heterocycles. The van der Waals surface area contributed by atoms with E-state index in [1.54, 1.807) is 0 Å². The molecule has 5 heteroatoms. The van der Waals surface area contributed by atoms with Gasteiger partial charge in [-0.3, -0.25) is 4.57 Å². The van der Waals surface area contributed by atoms with Gasteiger partial charge in [0.2, 0.25) is 6.33 Å².